The zero-order valence-corrected chi connectivity index (χ0v) is 21.1. The highest BCUT2D eigenvalue weighted by Crippen LogP contribution is 2.36. The second kappa shape index (κ2) is 11.5. The van der Waals surface area contributed by atoms with Crippen LogP contribution in [0.1, 0.15) is 54.4 Å². The van der Waals surface area contributed by atoms with E-state index in [1.165, 1.54) is 7.11 Å². The van der Waals surface area contributed by atoms with Gasteiger partial charge in [-0.05, 0) is 64.0 Å². The standard InChI is InChI=1S/C25H34F3N7O2/c1-35-11-9-16(10-12-35)31-23(36)15-7-8-20(21(13-15)37-2)33-24-30-14-17(25(26,27)28)22(34-24)32-19-6-4-3-5-18(19)29/h7-8,13-14,16,18-19H,3-6,9-12,29H2,1-2H3,(H,31,36)(H2,30,32,33,34)/t18-,19-/m1/s1. The van der Waals surface area contributed by atoms with Gasteiger partial charge in [-0.15, -0.1) is 0 Å². The maximum Gasteiger partial charge on any atom is 0.421 e. The molecule has 1 aromatic heterocycles. The average Bonchev–Trinajstić information content (AvgIpc) is 2.86. The molecule has 1 aromatic carbocycles. The molecule has 2 heterocycles. The Morgan fingerprint density at radius 1 is 1.16 bits per heavy atom. The number of benzene rings is 1. The van der Waals surface area contributed by atoms with Crippen LogP contribution in [0.2, 0.25) is 0 Å². The van der Waals surface area contributed by atoms with E-state index in [0.717, 1.165) is 51.4 Å². The molecular formula is C25H34F3N7O2. The zero-order valence-electron chi connectivity index (χ0n) is 21.1. The zero-order chi connectivity index (χ0) is 26.6. The highest BCUT2D eigenvalue weighted by Gasteiger charge is 2.36. The number of rotatable bonds is 7. The molecule has 2 aromatic rings. The van der Waals surface area contributed by atoms with Gasteiger partial charge < -0.3 is 31.3 Å². The summed E-state index contributed by atoms with van der Waals surface area (Å²) in [6.07, 6.45) is 1.14. The molecule has 2 aliphatic rings. The van der Waals surface area contributed by atoms with E-state index < -0.39 is 11.7 Å². The van der Waals surface area contributed by atoms with Crippen molar-refractivity contribution in [3.63, 3.8) is 0 Å². The summed E-state index contributed by atoms with van der Waals surface area (Å²) in [5.41, 5.74) is 6.02. The van der Waals surface area contributed by atoms with Gasteiger partial charge in [0, 0.05) is 29.9 Å². The lowest BCUT2D eigenvalue weighted by Crippen LogP contribution is -2.43. The minimum absolute atomic E-state index is 0.0401. The number of likely N-dealkylation sites (tertiary alicyclic amines) is 1. The Bertz CT molecular complexity index is 1090. The van der Waals surface area contributed by atoms with Crippen LogP contribution in [-0.4, -0.2) is 66.1 Å². The molecule has 1 aliphatic heterocycles. The second-order valence-corrected chi connectivity index (χ2v) is 9.74. The number of piperidine rings is 1. The van der Waals surface area contributed by atoms with Crippen molar-refractivity contribution in [1.29, 1.82) is 0 Å². The third kappa shape index (κ3) is 6.80. The Hall–Kier alpha value is -3.12. The van der Waals surface area contributed by atoms with Gasteiger partial charge >= 0.3 is 6.18 Å². The van der Waals surface area contributed by atoms with Crippen LogP contribution in [0.3, 0.4) is 0 Å². The van der Waals surface area contributed by atoms with Gasteiger partial charge in [-0.1, -0.05) is 12.8 Å². The molecule has 12 heteroatoms. The number of methoxy groups -OCH3 is 1. The second-order valence-electron chi connectivity index (χ2n) is 9.74. The largest absolute Gasteiger partial charge is 0.495 e. The van der Waals surface area contributed by atoms with Crippen LogP contribution < -0.4 is 26.4 Å². The lowest BCUT2D eigenvalue weighted by molar-refractivity contribution is -0.137. The van der Waals surface area contributed by atoms with E-state index in [-0.39, 0.29) is 35.8 Å². The summed E-state index contributed by atoms with van der Waals surface area (Å²) in [7, 11) is 3.50. The number of ether oxygens (including phenoxy) is 1. The van der Waals surface area contributed by atoms with E-state index >= 15 is 0 Å². The van der Waals surface area contributed by atoms with Gasteiger partial charge in [-0.3, -0.25) is 4.79 Å². The predicted molar refractivity (Wildman–Crippen MR) is 135 cm³/mol. The Kier molecular flexibility index (Phi) is 8.38. The number of alkyl halides is 3. The number of nitrogens with one attached hydrogen (secondary N) is 3. The molecule has 4 rings (SSSR count). The number of amides is 1. The summed E-state index contributed by atoms with van der Waals surface area (Å²) in [4.78, 5) is 23.0. The number of carbonyl (C=O) groups excluding carboxylic acids is 1. The highest BCUT2D eigenvalue weighted by atomic mass is 19.4. The fourth-order valence-corrected chi connectivity index (χ4v) is 4.75. The molecule has 9 nitrogen and oxygen atoms in total. The smallest absolute Gasteiger partial charge is 0.421 e. The molecule has 1 aliphatic carbocycles. The molecule has 0 radical (unpaired) electrons. The number of halogens is 3. The maximum absolute atomic E-state index is 13.7. The molecule has 2 atom stereocenters. The molecule has 1 saturated heterocycles. The molecule has 2 fully saturated rings. The quantitative estimate of drug-likeness (QED) is 0.435. The molecule has 37 heavy (non-hydrogen) atoms. The van der Waals surface area contributed by atoms with Crippen molar-refractivity contribution in [2.45, 2.75) is 62.8 Å². The summed E-state index contributed by atoms with van der Waals surface area (Å²) < 4.78 is 46.4. The van der Waals surface area contributed by atoms with E-state index in [1.807, 2.05) is 0 Å². The normalized spacial score (nSPS) is 21.4. The summed E-state index contributed by atoms with van der Waals surface area (Å²) in [6, 6.07) is 4.37. The van der Waals surface area contributed by atoms with Crippen LogP contribution in [0, 0.1) is 0 Å². The van der Waals surface area contributed by atoms with Crippen LogP contribution in [0.5, 0.6) is 5.75 Å². The molecule has 202 valence electrons. The molecule has 0 bridgehead atoms. The SMILES string of the molecule is COc1cc(C(=O)NC2CCN(C)CC2)ccc1Nc1ncc(C(F)(F)F)c(N[C@@H]2CCCC[C@H]2N)n1. The van der Waals surface area contributed by atoms with Crippen molar-refractivity contribution >= 4 is 23.4 Å². The summed E-state index contributed by atoms with van der Waals surface area (Å²) in [5.74, 6) is -0.231. The number of aromatic nitrogens is 2. The van der Waals surface area contributed by atoms with Crippen molar-refractivity contribution in [3.05, 3.63) is 35.5 Å². The van der Waals surface area contributed by atoms with Crippen molar-refractivity contribution in [2.24, 2.45) is 5.73 Å². The number of hydrogen-bond acceptors (Lipinski definition) is 8. The minimum atomic E-state index is -4.62. The first-order valence-electron chi connectivity index (χ1n) is 12.5. The fourth-order valence-electron chi connectivity index (χ4n) is 4.75. The Morgan fingerprint density at radius 3 is 2.57 bits per heavy atom. The third-order valence-electron chi connectivity index (χ3n) is 7.00. The first kappa shape index (κ1) is 26.9. The molecule has 1 amide bonds. The van der Waals surface area contributed by atoms with Crippen molar-refractivity contribution in [2.75, 3.05) is 37.9 Å². The van der Waals surface area contributed by atoms with Crippen LogP contribution in [0.4, 0.5) is 30.6 Å². The molecular weight excluding hydrogens is 487 g/mol. The van der Waals surface area contributed by atoms with Gasteiger partial charge in [0.2, 0.25) is 5.95 Å². The van der Waals surface area contributed by atoms with Crippen molar-refractivity contribution in [3.8, 4) is 5.75 Å². The first-order valence-corrected chi connectivity index (χ1v) is 12.5. The Balaban J connectivity index is 1.51. The number of hydrogen-bond donors (Lipinski definition) is 4. The van der Waals surface area contributed by atoms with Gasteiger partial charge in [0.05, 0.1) is 12.8 Å². The van der Waals surface area contributed by atoms with Gasteiger partial charge in [0.1, 0.15) is 17.1 Å². The highest BCUT2D eigenvalue weighted by molar-refractivity contribution is 5.95. The Labute approximate surface area is 214 Å². The van der Waals surface area contributed by atoms with Crippen molar-refractivity contribution in [1.82, 2.24) is 20.2 Å². The predicted octanol–water partition coefficient (Wildman–Crippen LogP) is 3.75. The number of nitrogens with zero attached hydrogens (tertiary/aromatic N) is 3. The van der Waals surface area contributed by atoms with Gasteiger partial charge in [0.15, 0.2) is 0 Å². The average molecular weight is 522 g/mol. The number of anilines is 3. The molecule has 0 spiro atoms. The lowest BCUT2D eigenvalue weighted by atomic mass is 9.91. The first-order chi connectivity index (χ1) is 17.6. The van der Waals surface area contributed by atoms with Gasteiger partial charge in [-0.25, -0.2) is 4.98 Å². The van der Waals surface area contributed by atoms with Crippen LogP contribution >= 0.6 is 0 Å². The lowest BCUT2D eigenvalue weighted by Gasteiger charge is -2.30. The number of carbonyl (C=O) groups is 1. The number of nitrogens with two attached hydrogens (primary N) is 1. The molecule has 5 N–H and O–H groups in total. The van der Waals surface area contributed by atoms with E-state index in [1.54, 1.807) is 18.2 Å². The summed E-state index contributed by atoms with van der Waals surface area (Å²) in [6.45, 7) is 1.85. The monoisotopic (exact) mass is 521 g/mol. The minimum Gasteiger partial charge on any atom is -0.495 e. The molecule has 1 saturated carbocycles. The van der Waals surface area contributed by atoms with Gasteiger partial charge in [-0.2, -0.15) is 18.2 Å². The molecule has 0 unspecified atom stereocenters. The fraction of sp³-hybridized carbons (Fsp3) is 0.560. The summed E-state index contributed by atoms with van der Waals surface area (Å²) in [5, 5.41) is 8.88. The summed E-state index contributed by atoms with van der Waals surface area (Å²) >= 11 is 0. The Morgan fingerprint density at radius 2 is 1.89 bits per heavy atom. The van der Waals surface area contributed by atoms with E-state index in [4.69, 9.17) is 10.5 Å². The van der Waals surface area contributed by atoms with Crippen LogP contribution in [0.15, 0.2) is 24.4 Å². The van der Waals surface area contributed by atoms with Crippen molar-refractivity contribution < 1.29 is 22.7 Å². The maximum atomic E-state index is 13.7. The van der Waals surface area contributed by atoms with E-state index in [9.17, 15) is 18.0 Å². The van der Waals surface area contributed by atoms with Crippen LogP contribution in [0.25, 0.3) is 0 Å². The van der Waals surface area contributed by atoms with E-state index in [2.05, 4.69) is 37.9 Å². The topological polar surface area (TPSA) is 117 Å². The van der Waals surface area contributed by atoms with E-state index in [0.29, 0.717) is 23.4 Å². The van der Waals surface area contributed by atoms with Crippen LogP contribution in [-0.2, 0) is 6.18 Å². The van der Waals surface area contributed by atoms with Gasteiger partial charge in [0.25, 0.3) is 5.91 Å². The third-order valence-corrected chi connectivity index (χ3v) is 7.00.